The highest BCUT2D eigenvalue weighted by molar-refractivity contribution is 7.22. The molecular weight excluding hydrogens is 405 g/mol. The van der Waals surface area contributed by atoms with E-state index in [-0.39, 0.29) is 17.9 Å². The molecule has 1 fully saturated rings. The fourth-order valence-corrected chi connectivity index (χ4v) is 4.54. The van der Waals surface area contributed by atoms with E-state index in [0.29, 0.717) is 36.8 Å². The van der Waals surface area contributed by atoms with Gasteiger partial charge < -0.3 is 14.9 Å². The summed E-state index contributed by atoms with van der Waals surface area (Å²) in [6.07, 6.45) is 1.41. The number of rotatable bonds is 4. The number of fused-ring (bicyclic) bond motifs is 1. The summed E-state index contributed by atoms with van der Waals surface area (Å²) in [6.45, 7) is 4.99. The molecule has 2 N–H and O–H groups in total. The van der Waals surface area contributed by atoms with Crippen molar-refractivity contribution in [2.75, 3.05) is 29.9 Å². The van der Waals surface area contributed by atoms with Crippen molar-refractivity contribution in [3.8, 4) is 0 Å². The van der Waals surface area contributed by atoms with Crippen molar-refractivity contribution in [3.05, 3.63) is 47.9 Å². The van der Waals surface area contributed by atoms with Crippen LogP contribution < -0.4 is 10.2 Å². The molecule has 0 bridgehead atoms. The lowest BCUT2D eigenvalue weighted by Gasteiger charge is -2.40. The second-order valence-electron chi connectivity index (χ2n) is 7.61. The maximum atomic E-state index is 14.6. The number of nitrogens with one attached hydrogen (secondary N) is 1. The molecule has 2 atom stereocenters. The highest BCUT2D eigenvalue weighted by Crippen LogP contribution is 2.27. The van der Waals surface area contributed by atoms with Crippen molar-refractivity contribution in [2.45, 2.75) is 32.4 Å². The van der Waals surface area contributed by atoms with Crippen LogP contribution in [0.3, 0.4) is 0 Å². The van der Waals surface area contributed by atoms with Crippen LogP contribution in [-0.2, 0) is 6.42 Å². The van der Waals surface area contributed by atoms with E-state index in [9.17, 15) is 14.3 Å². The Labute approximate surface area is 178 Å². The lowest BCUT2D eigenvalue weighted by molar-refractivity contribution is 0.195. The Kier molecular flexibility index (Phi) is 5.83. The van der Waals surface area contributed by atoms with Crippen molar-refractivity contribution in [1.82, 2.24) is 14.9 Å². The second-order valence-corrected chi connectivity index (χ2v) is 8.64. The molecule has 1 saturated heterocycles. The number of aliphatic hydroxyl groups is 1. The van der Waals surface area contributed by atoms with Gasteiger partial charge in [-0.25, -0.2) is 19.2 Å². The lowest BCUT2D eigenvalue weighted by Crippen LogP contribution is -2.55. The molecule has 0 saturated carbocycles. The van der Waals surface area contributed by atoms with Gasteiger partial charge in [0.1, 0.15) is 0 Å². The van der Waals surface area contributed by atoms with Gasteiger partial charge >= 0.3 is 6.03 Å². The Balaban J connectivity index is 1.40. The molecule has 2 aromatic heterocycles. The van der Waals surface area contributed by atoms with Crippen LogP contribution in [-0.4, -0.2) is 57.8 Å². The number of anilines is 2. The Bertz CT molecular complexity index is 1020. The van der Waals surface area contributed by atoms with Crippen LogP contribution in [0, 0.1) is 5.82 Å². The van der Waals surface area contributed by atoms with E-state index in [4.69, 9.17) is 0 Å². The number of carbonyl (C=O) groups is 1. The average molecular weight is 430 g/mol. The summed E-state index contributed by atoms with van der Waals surface area (Å²) in [6, 6.07) is 8.86. The van der Waals surface area contributed by atoms with Crippen molar-refractivity contribution in [3.63, 3.8) is 0 Å². The largest absolute Gasteiger partial charge is 0.393 e. The molecule has 1 aliphatic rings. The zero-order valence-corrected chi connectivity index (χ0v) is 17.7. The summed E-state index contributed by atoms with van der Waals surface area (Å²) in [5.41, 5.74) is 1.52. The Morgan fingerprint density at radius 1 is 1.40 bits per heavy atom. The van der Waals surface area contributed by atoms with Crippen LogP contribution in [0.25, 0.3) is 10.2 Å². The molecule has 0 spiro atoms. The number of halogens is 1. The normalized spacial score (nSPS) is 17.9. The predicted molar refractivity (Wildman–Crippen MR) is 117 cm³/mol. The van der Waals surface area contributed by atoms with E-state index in [1.165, 1.54) is 17.4 Å². The third-order valence-electron chi connectivity index (χ3n) is 5.10. The molecule has 0 radical (unpaired) electrons. The molecule has 1 aliphatic heterocycles. The number of amides is 2. The van der Waals surface area contributed by atoms with E-state index in [1.807, 2.05) is 36.1 Å². The van der Waals surface area contributed by atoms with Gasteiger partial charge in [-0.1, -0.05) is 23.5 Å². The van der Waals surface area contributed by atoms with Crippen LogP contribution in [0.4, 0.5) is 20.1 Å². The SMILES string of the molecule is CC(O)Cc1cnc(N2CCN(C(=O)Nc3nc4ccccc4s3)CC2C)c(F)c1. The standard InChI is InChI=1S/C21H24FN5O2S/c1-13-12-26(21(29)25-20-24-17-5-3-4-6-18(17)30-20)7-8-27(13)19-16(22)10-15(11-23-19)9-14(2)28/h3-6,10-11,13-14,28H,7-9,12H2,1-2H3,(H,24,25,29). The van der Waals surface area contributed by atoms with Crippen molar-refractivity contribution in [2.24, 2.45) is 0 Å². The fourth-order valence-electron chi connectivity index (χ4n) is 3.69. The smallest absolute Gasteiger partial charge is 0.323 e. The number of piperazine rings is 1. The highest BCUT2D eigenvalue weighted by Gasteiger charge is 2.29. The van der Waals surface area contributed by atoms with Crippen LogP contribution in [0.15, 0.2) is 36.5 Å². The number of hydrogen-bond acceptors (Lipinski definition) is 6. The minimum Gasteiger partial charge on any atom is -0.393 e. The van der Waals surface area contributed by atoms with Gasteiger partial charge in [-0.3, -0.25) is 5.32 Å². The first-order valence-corrected chi connectivity index (χ1v) is 10.7. The number of nitrogens with zero attached hydrogens (tertiary/aromatic N) is 4. The highest BCUT2D eigenvalue weighted by atomic mass is 32.1. The minimum atomic E-state index is -0.548. The zero-order valence-electron chi connectivity index (χ0n) is 16.9. The van der Waals surface area contributed by atoms with Gasteiger partial charge in [-0.2, -0.15) is 0 Å². The maximum absolute atomic E-state index is 14.6. The first-order chi connectivity index (χ1) is 14.4. The van der Waals surface area contributed by atoms with E-state index >= 15 is 0 Å². The summed E-state index contributed by atoms with van der Waals surface area (Å²) < 4.78 is 15.6. The van der Waals surface area contributed by atoms with Gasteiger partial charge in [-0.15, -0.1) is 0 Å². The van der Waals surface area contributed by atoms with Crippen LogP contribution in [0.1, 0.15) is 19.4 Å². The number of carbonyl (C=O) groups excluding carboxylic acids is 1. The number of benzene rings is 1. The van der Waals surface area contributed by atoms with E-state index in [0.717, 1.165) is 10.2 Å². The molecule has 9 heteroatoms. The summed E-state index contributed by atoms with van der Waals surface area (Å²) >= 11 is 1.44. The molecule has 0 aliphatic carbocycles. The van der Waals surface area contributed by atoms with E-state index in [2.05, 4.69) is 15.3 Å². The van der Waals surface area contributed by atoms with E-state index in [1.54, 1.807) is 18.0 Å². The molecule has 2 unspecified atom stereocenters. The number of pyridine rings is 1. The number of aromatic nitrogens is 2. The third-order valence-corrected chi connectivity index (χ3v) is 6.06. The first-order valence-electron chi connectivity index (χ1n) is 9.91. The Hall–Kier alpha value is -2.78. The van der Waals surface area contributed by atoms with Gasteiger partial charge in [0.05, 0.1) is 16.3 Å². The number of urea groups is 1. The van der Waals surface area contributed by atoms with Crippen molar-refractivity contribution in [1.29, 1.82) is 0 Å². The van der Waals surface area contributed by atoms with Gasteiger partial charge in [0.15, 0.2) is 16.8 Å². The first kappa shape index (κ1) is 20.5. The molecule has 158 valence electrons. The summed E-state index contributed by atoms with van der Waals surface area (Å²) in [7, 11) is 0. The minimum absolute atomic E-state index is 0.0931. The van der Waals surface area contributed by atoms with E-state index < -0.39 is 11.9 Å². The number of aliphatic hydroxyl groups excluding tert-OH is 1. The number of thiazole rings is 1. The zero-order chi connectivity index (χ0) is 21.3. The van der Waals surface area contributed by atoms with Gasteiger partial charge in [0.2, 0.25) is 0 Å². The van der Waals surface area contributed by atoms with Crippen LogP contribution in [0.5, 0.6) is 0 Å². The maximum Gasteiger partial charge on any atom is 0.323 e. The van der Waals surface area contributed by atoms with Gasteiger partial charge in [0.25, 0.3) is 0 Å². The summed E-state index contributed by atoms with van der Waals surface area (Å²) in [5.74, 6) is -0.129. The number of hydrogen-bond donors (Lipinski definition) is 2. The Morgan fingerprint density at radius 3 is 2.90 bits per heavy atom. The third kappa shape index (κ3) is 4.36. The molecular formula is C21H24FN5O2S. The summed E-state index contributed by atoms with van der Waals surface area (Å²) in [5, 5.41) is 12.9. The lowest BCUT2D eigenvalue weighted by atomic mass is 10.1. The predicted octanol–water partition coefficient (Wildman–Crippen LogP) is 3.50. The van der Waals surface area contributed by atoms with Gasteiger partial charge in [-0.05, 0) is 44.0 Å². The van der Waals surface area contributed by atoms with Crippen molar-refractivity contribution >= 4 is 38.5 Å². The van der Waals surface area contributed by atoms with Crippen LogP contribution in [0.2, 0.25) is 0 Å². The Morgan fingerprint density at radius 2 is 2.20 bits per heavy atom. The van der Waals surface area contributed by atoms with Crippen LogP contribution >= 0.6 is 11.3 Å². The molecule has 4 rings (SSSR count). The second kappa shape index (κ2) is 8.53. The van der Waals surface area contributed by atoms with Crippen molar-refractivity contribution < 1.29 is 14.3 Å². The summed E-state index contributed by atoms with van der Waals surface area (Å²) in [4.78, 5) is 25.0. The topological polar surface area (TPSA) is 81.6 Å². The quantitative estimate of drug-likeness (QED) is 0.664. The molecule has 30 heavy (non-hydrogen) atoms. The fraction of sp³-hybridized carbons (Fsp3) is 0.381. The molecule has 3 aromatic rings. The molecule has 3 heterocycles. The molecule has 1 aromatic carbocycles. The average Bonchev–Trinajstić information content (AvgIpc) is 3.10. The monoisotopic (exact) mass is 429 g/mol. The number of para-hydroxylation sites is 1. The molecule has 2 amide bonds. The molecule has 7 nitrogen and oxygen atoms in total. The van der Waals surface area contributed by atoms with Gasteiger partial charge in [0, 0.05) is 31.9 Å².